The van der Waals surface area contributed by atoms with Crippen molar-refractivity contribution in [3.05, 3.63) is 50.7 Å². The third-order valence-corrected chi connectivity index (χ3v) is 4.21. The average Bonchev–Trinajstić information content (AvgIpc) is 2.82. The number of hydrogen-bond donors (Lipinski definition) is 1. The van der Waals surface area contributed by atoms with Crippen molar-refractivity contribution in [2.75, 3.05) is 5.32 Å². The lowest BCUT2D eigenvalue weighted by molar-refractivity contribution is -0.137. The van der Waals surface area contributed by atoms with E-state index < -0.39 is 11.7 Å². The number of nitrogens with one attached hydrogen (secondary N) is 1. The lowest BCUT2D eigenvalue weighted by Crippen LogP contribution is -2.06. The smallest absolute Gasteiger partial charge is 0.380 e. The molecule has 0 aliphatic carbocycles. The molecular formula is C14H13ClF3NS. The molecule has 2 rings (SSSR count). The van der Waals surface area contributed by atoms with Gasteiger partial charge in [0.2, 0.25) is 0 Å². The number of benzene rings is 1. The largest absolute Gasteiger partial charge is 0.416 e. The molecule has 2 aromatic rings. The first-order valence-electron chi connectivity index (χ1n) is 6.07. The molecule has 0 saturated carbocycles. The van der Waals surface area contributed by atoms with Crippen molar-refractivity contribution in [3.8, 4) is 0 Å². The van der Waals surface area contributed by atoms with E-state index >= 15 is 0 Å². The van der Waals surface area contributed by atoms with Crippen molar-refractivity contribution >= 4 is 28.6 Å². The van der Waals surface area contributed by atoms with Gasteiger partial charge < -0.3 is 5.32 Å². The maximum atomic E-state index is 12.7. The highest BCUT2D eigenvalue weighted by Crippen LogP contribution is 2.33. The van der Waals surface area contributed by atoms with Gasteiger partial charge in [-0.15, -0.1) is 11.3 Å². The van der Waals surface area contributed by atoms with Gasteiger partial charge in [-0.1, -0.05) is 18.5 Å². The Labute approximate surface area is 124 Å². The highest BCUT2D eigenvalue weighted by Gasteiger charge is 2.31. The summed E-state index contributed by atoms with van der Waals surface area (Å²) in [6, 6.07) is 7.49. The Morgan fingerprint density at radius 1 is 1.15 bits per heavy atom. The minimum atomic E-state index is -4.39. The molecule has 108 valence electrons. The van der Waals surface area contributed by atoms with Crippen LogP contribution in [0.5, 0.6) is 0 Å². The normalized spacial score (nSPS) is 11.7. The van der Waals surface area contributed by atoms with Crippen molar-refractivity contribution in [2.24, 2.45) is 0 Å². The molecular weight excluding hydrogens is 307 g/mol. The molecule has 1 aromatic carbocycles. The van der Waals surface area contributed by atoms with Crippen LogP contribution in [0.4, 0.5) is 18.9 Å². The number of thiophene rings is 1. The minimum Gasteiger partial charge on any atom is -0.380 e. The summed E-state index contributed by atoms with van der Waals surface area (Å²) in [4.78, 5) is 2.33. The maximum absolute atomic E-state index is 12.7. The molecule has 0 aliphatic rings. The topological polar surface area (TPSA) is 12.0 Å². The van der Waals surface area contributed by atoms with Crippen LogP contribution >= 0.6 is 22.9 Å². The van der Waals surface area contributed by atoms with Crippen LogP contribution in [0.1, 0.15) is 22.2 Å². The van der Waals surface area contributed by atoms with E-state index in [-0.39, 0.29) is 5.02 Å². The molecule has 0 atom stereocenters. The SMILES string of the molecule is CCc1ccc(CNc2cc(Cl)cc(C(F)(F)F)c2)s1. The third-order valence-electron chi connectivity index (χ3n) is 2.76. The average molecular weight is 320 g/mol. The Hall–Kier alpha value is -1.20. The van der Waals surface area contributed by atoms with Crippen molar-refractivity contribution in [1.29, 1.82) is 0 Å². The fraction of sp³-hybridized carbons (Fsp3) is 0.286. The molecule has 0 unspecified atom stereocenters. The summed E-state index contributed by atoms with van der Waals surface area (Å²) < 4.78 is 38.0. The number of aryl methyl sites for hydroxylation is 1. The molecule has 0 aliphatic heterocycles. The quantitative estimate of drug-likeness (QED) is 0.774. The van der Waals surface area contributed by atoms with Gasteiger partial charge in [-0.3, -0.25) is 0 Å². The summed E-state index contributed by atoms with van der Waals surface area (Å²) in [5.41, 5.74) is -0.371. The molecule has 6 heteroatoms. The zero-order valence-corrected chi connectivity index (χ0v) is 12.3. The Morgan fingerprint density at radius 2 is 1.85 bits per heavy atom. The molecule has 1 heterocycles. The third kappa shape index (κ3) is 3.90. The van der Waals surface area contributed by atoms with Gasteiger partial charge in [0.15, 0.2) is 0 Å². The van der Waals surface area contributed by atoms with Crippen molar-refractivity contribution in [2.45, 2.75) is 26.1 Å². The van der Waals surface area contributed by atoms with Gasteiger partial charge in [-0.05, 0) is 36.8 Å². The van der Waals surface area contributed by atoms with E-state index in [0.29, 0.717) is 12.2 Å². The number of hydrogen-bond acceptors (Lipinski definition) is 2. The van der Waals surface area contributed by atoms with Crippen LogP contribution in [0.25, 0.3) is 0 Å². The van der Waals surface area contributed by atoms with Gasteiger partial charge in [0, 0.05) is 27.0 Å². The fourth-order valence-corrected chi connectivity index (χ4v) is 2.88. The molecule has 0 saturated heterocycles. The molecule has 0 fully saturated rings. The Kier molecular flexibility index (Phi) is 4.60. The van der Waals surface area contributed by atoms with Crippen molar-refractivity contribution in [1.82, 2.24) is 0 Å². The van der Waals surface area contributed by atoms with Crippen molar-refractivity contribution in [3.63, 3.8) is 0 Å². The van der Waals surface area contributed by atoms with E-state index in [9.17, 15) is 13.2 Å². The predicted octanol–water partition coefficient (Wildman–Crippen LogP) is 5.59. The van der Waals surface area contributed by atoms with E-state index in [2.05, 4.69) is 12.2 Å². The van der Waals surface area contributed by atoms with Crippen LogP contribution in [0.3, 0.4) is 0 Å². The molecule has 0 bridgehead atoms. The number of anilines is 1. The minimum absolute atomic E-state index is 0.0720. The van der Waals surface area contributed by atoms with Crippen LogP contribution in [0, 0.1) is 0 Å². The van der Waals surface area contributed by atoms with Crippen molar-refractivity contribution < 1.29 is 13.2 Å². The van der Waals surface area contributed by atoms with E-state index in [1.54, 1.807) is 11.3 Å². The van der Waals surface area contributed by atoms with Gasteiger partial charge in [0.25, 0.3) is 0 Å². The molecule has 20 heavy (non-hydrogen) atoms. The first kappa shape index (κ1) is 15.2. The van der Waals surface area contributed by atoms with Gasteiger partial charge >= 0.3 is 6.18 Å². The predicted molar refractivity (Wildman–Crippen MR) is 77.5 cm³/mol. The fourth-order valence-electron chi connectivity index (χ4n) is 1.75. The standard InChI is InChI=1S/C14H13ClF3NS/c1-2-12-3-4-13(20-12)8-19-11-6-9(14(16,17)18)5-10(15)7-11/h3-7,19H,2,8H2,1H3. The van der Waals surface area contributed by atoms with Gasteiger partial charge in [-0.2, -0.15) is 13.2 Å². The Balaban J connectivity index is 2.11. The lowest BCUT2D eigenvalue weighted by atomic mass is 10.2. The lowest BCUT2D eigenvalue weighted by Gasteiger charge is -2.11. The Bertz CT molecular complexity index is 592. The summed E-state index contributed by atoms with van der Waals surface area (Å²) in [5, 5.41) is 3.05. The highest BCUT2D eigenvalue weighted by molar-refractivity contribution is 7.12. The molecule has 0 amide bonds. The summed E-state index contributed by atoms with van der Waals surface area (Å²) in [5.74, 6) is 0. The summed E-state index contributed by atoms with van der Waals surface area (Å²) >= 11 is 7.38. The second-order valence-electron chi connectivity index (χ2n) is 4.30. The number of alkyl halides is 3. The van der Waals surface area contributed by atoms with Crippen LogP contribution < -0.4 is 5.32 Å². The zero-order chi connectivity index (χ0) is 14.8. The Morgan fingerprint density at radius 3 is 2.45 bits per heavy atom. The van der Waals surface area contributed by atoms with Crippen LogP contribution in [0.15, 0.2) is 30.3 Å². The highest BCUT2D eigenvalue weighted by atomic mass is 35.5. The second kappa shape index (κ2) is 6.06. The van der Waals surface area contributed by atoms with E-state index in [0.717, 1.165) is 23.4 Å². The van der Waals surface area contributed by atoms with Crippen LogP contribution in [0.2, 0.25) is 5.02 Å². The van der Waals surface area contributed by atoms with Crippen LogP contribution in [-0.4, -0.2) is 0 Å². The summed E-state index contributed by atoms with van der Waals surface area (Å²) in [7, 11) is 0. The van der Waals surface area contributed by atoms with Gasteiger partial charge in [0.1, 0.15) is 0 Å². The second-order valence-corrected chi connectivity index (χ2v) is 5.99. The van der Waals surface area contributed by atoms with E-state index in [1.165, 1.54) is 10.9 Å². The first-order valence-corrected chi connectivity index (χ1v) is 7.27. The molecule has 0 radical (unpaired) electrons. The number of rotatable bonds is 4. The zero-order valence-electron chi connectivity index (χ0n) is 10.7. The molecule has 1 aromatic heterocycles. The molecule has 1 N–H and O–H groups in total. The monoisotopic (exact) mass is 319 g/mol. The van der Waals surface area contributed by atoms with E-state index in [1.807, 2.05) is 12.1 Å². The number of halogens is 4. The maximum Gasteiger partial charge on any atom is 0.416 e. The summed E-state index contributed by atoms with van der Waals surface area (Å²) in [6.45, 7) is 2.55. The molecule has 1 nitrogen and oxygen atoms in total. The van der Waals surface area contributed by atoms with E-state index in [4.69, 9.17) is 11.6 Å². The summed E-state index contributed by atoms with van der Waals surface area (Å²) in [6.07, 6.45) is -3.43. The molecule has 0 spiro atoms. The van der Waals surface area contributed by atoms with Gasteiger partial charge in [-0.25, -0.2) is 0 Å². The van der Waals surface area contributed by atoms with Crippen LogP contribution in [-0.2, 0) is 19.1 Å². The van der Waals surface area contributed by atoms with Gasteiger partial charge in [0.05, 0.1) is 5.56 Å². The first-order chi connectivity index (χ1) is 9.38.